The first-order valence-electron chi connectivity index (χ1n) is 8.74. The summed E-state index contributed by atoms with van der Waals surface area (Å²) < 4.78 is 1.78. The van der Waals surface area contributed by atoms with Crippen LogP contribution in [0.15, 0.2) is 41.8 Å². The van der Waals surface area contributed by atoms with Crippen molar-refractivity contribution in [3.63, 3.8) is 0 Å². The fourth-order valence-electron chi connectivity index (χ4n) is 2.88. The number of amides is 1. The summed E-state index contributed by atoms with van der Waals surface area (Å²) in [7, 11) is 0. The van der Waals surface area contributed by atoms with E-state index in [1.54, 1.807) is 41.6 Å². The van der Waals surface area contributed by atoms with Gasteiger partial charge in [-0.05, 0) is 31.5 Å². The summed E-state index contributed by atoms with van der Waals surface area (Å²) in [5.41, 5.74) is 1.42. The van der Waals surface area contributed by atoms with E-state index in [9.17, 15) is 9.59 Å². The topological polar surface area (TPSA) is 106 Å². The molecule has 4 aromatic rings. The van der Waals surface area contributed by atoms with Gasteiger partial charge in [0.1, 0.15) is 22.8 Å². The molecule has 0 saturated heterocycles. The van der Waals surface area contributed by atoms with Crippen LogP contribution in [0.2, 0.25) is 0 Å². The van der Waals surface area contributed by atoms with E-state index >= 15 is 0 Å². The molecule has 8 nitrogen and oxygen atoms in total. The molecule has 9 heteroatoms. The van der Waals surface area contributed by atoms with Crippen molar-refractivity contribution in [1.29, 1.82) is 0 Å². The van der Waals surface area contributed by atoms with Crippen LogP contribution in [0.1, 0.15) is 22.7 Å². The lowest BCUT2D eigenvalue weighted by atomic mass is 10.2. The van der Waals surface area contributed by atoms with Gasteiger partial charge in [0, 0.05) is 30.1 Å². The Kier molecular flexibility index (Phi) is 4.74. The van der Waals surface area contributed by atoms with Gasteiger partial charge in [0.05, 0.1) is 17.3 Å². The highest BCUT2D eigenvalue weighted by atomic mass is 32.1. The Labute approximate surface area is 164 Å². The smallest absolute Gasteiger partial charge is 0.259 e. The summed E-state index contributed by atoms with van der Waals surface area (Å²) in [6.07, 6.45) is 7.28. The maximum atomic E-state index is 12.3. The van der Waals surface area contributed by atoms with Gasteiger partial charge in [0.15, 0.2) is 0 Å². The second kappa shape index (κ2) is 7.35. The Morgan fingerprint density at radius 2 is 2.18 bits per heavy atom. The van der Waals surface area contributed by atoms with Gasteiger partial charge in [0.2, 0.25) is 5.91 Å². The zero-order valence-electron chi connectivity index (χ0n) is 15.4. The third-order valence-electron chi connectivity index (χ3n) is 4.48. The number of nitrogens with zero attached hydrogens (tertiary/aromatic N) is 4. The molecule has 0 radical (unpaired) electrons. The van der Waals surface area contributed by atoms with E-state index in [0.29, 0.717) is 34.0 Å². The molecule has 0 aromatic carbocycles. The van der Waals surface area contributed by atoms with Gasteiger partial charge in [-0.25, -0.2) is 15.0 Å². The third-order valence-corrected chi connectivity index (χ3v) is 5.58. The Bertz CT molecular complexity index is 1190. The molecule has 0 aliphatic heterocycles. The number of rotatable bonds is 5. The van der Waals surface area contributed by atoms with Gasteiger partial charge in [-0.3, -0.25) is 14.2 Å². The number of aryl methyl sites for hydroxylation is 3. The van der Waals surface area contributed by atoms with E-state index in [2.05, 4.69) is 25.3 Å². The lowest BCUT2D eigenvalue weighted by molar-refractivity contribution is -0.116. The van der Waals surface area contributed by atoms with Crippen molar-refractivity contribution in [2.24, 2.45) is 0 Å². The minimum Gasteiger partial charge on any atom is -0.325 e. The lowest BCUT2D eigenvalue weighted by Crippen LogP contribution is -2.16. The van der Waals surface area contributed by atoms with Crippen LogP contribution < -0.4 is 10.9 Å². The molecule has 0 fully saturated rings. The van der Waals surface area contributed by atoms with Crippen molar-refractivity contribution in [1.82, 2.24) is 24.5 Å². The first-order valence-corrected chi connectivity index (χ1v) is 9.56. The molecule has 4 aromatic heterocycles. The van der Waals surface area contributed by atoms with Gasteiger partial charge in [-0.15, -0.1) is 11.3 Å². The normalized spacial score (nSPS) is 11.1. The summed E-state index contributed by atoms with van der Waals surface area (Å²) in [5, 5.41) is 3.44. The van der Waals surface area contributed by atoms with Crippen LogP contribution in [-0.4, -0.2) is 30.4 Å². The number of hydrogen-bond acceptors (Lipinski definition) is 6. The van der Waals surface area contributed by atoms with Crippen molar-refractivity contribution in [2.45, 2.75) is 26.7 Å². The van der Waals surface area contributed by atoms with Crippen LogP contribution in [-0.2, 0) is 11.2 Å². The number of aromatic nitrogens is 5. The average Bonchev–Trinajstić information content (AvgIpc) is 3.30. The number of carbonyl (C=O) groups excluding carboxylic acids is 1. The number of hydrogen-bond donors (Lipinski definition) is 2. The Morgan fingerprint density at radius 1 is 1.32 bits per heavy atom. The van der Waals surface area contributed by atoms with Crippen LogP contribution in [0.3, 0.4) is 0 Å². The van der Waals surface area contributed by atoms with Crippen molar-refractivity contribution in [2.75, 3.05) is 5.32 Å². The fraction of sp³-hybridized carbons (Fsp3) is 0.211. The first-order chi connectivity index (χ1) is 13.5. The van der Waals surface area contributed by atoms with E-state index in [1.807, 2.05) is 13.8 Å². The number of thiophene rings is 1. The van der Waals surface area contributed by atoms with E-state index < -0.39 is 0 Å². The maximum absolute atomic E-state index is 12.3. The van der Waals surface area contributed by atoms with Crippen molar-refractivity contribution < 1.29 is 4.79 Å². The molecule has 1 amide bonds. The molecule has 142 valence electrons. The van der Waals surface area contributed by atoms with Crippen molar-refractivity contribution >= 4 is 33.1 Å². The lowest BCUT2D eigenvalue weighted by Gasteiger charge is -2.06. The van der Waals surface area contributed by atoms with Gasteiger partial charge in [-0.2, -0.15) is 0 Å². The molecular formula is C19H18N6O2S. The molecule has 0 bridgehead atoms. The Hall–Kier alpha value is -3.33. The minimum atomic E-state index is -0.168. The number of pyridine rings is 1. The van der Waals surface area contributed by atoms with Gasteiger partial charge in [0.25, 0.3) is 5.56 Å². The molecule has 0 aliphatic rings. The molecule has 2 N–H and O–H groups in total. The molecule has 0 unspecified atom stereocenters. The SMILES string of the molecule is Cc1sc2nc(CCC(=O)Nc3ccc(-n4ccnc4)nc3)[nH]c(=O)c2c1C. The number of H-pyrrole nitrogens is 1. The molecule has 28 heavy (non-hydrogen) atoms. The van der Waals surface area contributed by atoms with Crippen molar-refractivity contribution in [3.05, 3.63) is 63.7 Å². The molecule has 0 spiro atoms. The number of anilines is 1. The molecule has 0 atom stereocenters. The molecular weight excluding hydrogens is 376 g/mol. The molecule has 4 rings (SSSR count). The number of aromatic amines is 1. The van der Waals surface area contributed by atoms with E-state index in [1.165, 1.54) is 11.3 Å². The summed E-state index contributed by atoms with van der Waals surface area (Å²) in [6, 6.07) is 3.58. The van der Waals surface area contributed by atoms with Crippen LogP contribution in [0.4, 0.5) is 5.69 Å². The maximum Gasteiger partial charge on any atom is 0.259 e. The number of nitrogens with one attached hydrogen (secondary N) is 2. The third kappa shape index (κ3) is 3.56. The number of imidazole rings is 1. The van der Waals surface area contributed by atoms with E-state index in [-0.39, 0.29) is 17.9 Å². The van der Waals surface area contributed by atoms with E-state index in [4.69, 9.17) is 0 Å². The number of carbonyl (C=O) groups is 1. The van der Waals surface area contributed by atoms with Crippen LogP contribution >= 0.6 is 11.3 Å². The second-order valence-electron chi connectivity index (χ2n) is 6.40. The Balaban J connectivity index is 1.40. The zero-order valence-corrected chi connectivity index (χ0v) is 16.2. The quantitative estimate of drug-likeness (QED) is 0.541. The van der Waals surface area contributed by atoms with Crippen LogP contribution in [0.5, 0.6) is 0 Å². The van der Waals surface area contributed by atoms with Crippen LogP contribution in [0, 0.1) is 13.8 Å². The largest absolute Gasteiger partial charge is 0.325 e. The van der Waals surface area contributed by atoms with Crippen molar-refractivity contribution in [3.8, 4) is 5.82 Å². The molecule has 0 aliphatic carbocycles. The summed E-state index contributed by atoms with van der Waals surface area (Å²) in [6.45, 7) is 3.89. The van der Waals surface area contributed by atoms with Gasteiger partial charge >= 0.3 is 0 Å². The summed E-state index contributed by atoms with van der Waals surface area (Å²) >= 11 is 1.50. The first kappa shape index (κ1) is 18.1. The van der Waals surface area contributed by atoms with Gasteiger partial charge < -0.3 is 10.3 Å². The fourth-order valence-corrected chi connectivity index (χ4v) is 3.93. The van der Waals surface area contributed by atoms with Gasteiger partial charge in [-0.1, -0.05) is 0 Å². The predicted molar refractivity (Wildman–Crippen MR) is 108 cm³/mol. The highest BCUT2D eigenvalue weighted by Crippen LogP contribution is 2.25. The highest BCUT2D eigenvalue weighted by molar-refractivity contribution is 7.18. The summed E-state index contributed by atoms with van der Waals surface area (Å²) in [5.74, 6) is 1.06. The predicted octanol–water partition coefficient (Wildman–Crippen LogP) is 2.75. The van der Waals surface area contributed by atoms with E-state index in [0.717, 1.165) is 10.4 Å². The number of fused-ring (bicyclic) bond motifs is 1. The standard InChI is InChI=1S/C19H18N6O2S/c1-11-12(2)28-19-17(11)18(27)23-14(24-19)4-6-16(26)22-13-3-5-15(21-9-13)25-8-7-20-10-25/h3,5,7-10H,4,6H2,1-2H3,(H,22,26)(H,23,24,27). The zero-order chi connectivity index (χ0) is 19.7. The van der Waals surface area contributed by atoms with Crippen LogP contribution in [0.25, 0.3) is 16.0 Å². The molecule has 4 heterocycles. The monoisotopic (exact) mass is 394 g/mol. The molecule has 0 saturated carbocycles. The average molecular weight is 394 g/mol. The summed E-state index contributed by atoms with van der Waals surface area (Å²) in [4.78, 5) is 41.9. The highest BCUT2D eigenvalue weighted by Gasteiger charge is 2.12. The second-order valence-corrected chi connectivity index (χ2v) is 7.60. The Morgan fingerprint density at radius 3 is 2.89 bits per heavy atom. The minimum absolute atomic E-state index is 0.151.